The van der Waals surface area contributed by atoms with E-state index in [2.05, 4.69) is 34.0 Å². The number of unbranched alkanes of at least 4 members (excludes halogenated alkanes) is 3. The van der Waals surface area contributed by atoms with Gasteiger partial charge in [0.2, 0.25) is 0 Å². The van der Waals surface area contributed by atoms with E-state index in [0.29, 0.717) is 13.2 Å². The van der Waals surface area contributed by atoms with E-state index in [1.54, 1.807) is 0 Å². The van der Waals surface area contributed by atoms with Crippen LogP contribution in [-0.4, -0.2) is 53.9 Å². The predicted octanol–water partition coefficient (Wildman–Crippen LogP) is 3.09. The summed E-state index contributed by atoms with van der Waals surface area (Å²) in [5.74, 6) is 1.47. The van der Waals surface area contributed by atoms with Crippen molar-refractivity contribution in [2.24, 2.45) is 0 Å². The summed E-state index contributed by atoms with van der Waals surface area (Å²) >= 11 is 0. The van der Waals surface area contributed by atoms with Gasteiger partial charge >= 0.3 is 0 Å². The number of rotatable bonds is 10. The second-order valence-electron chi connectivity index (χ2n) is 8.53. The van der Waals surface area contributed by atoms with Crippen LogP contribution in [-0.2, 0) is 0 Å². The van der Waals surface area contributed by atoms with Gasteiger partial charge in [-0.1, -0.05) is 32.3 Å². The van der Waals surface area contributed by atoms with Gasteiger partial charge in [-0.3, -0.25) is 5.01 Å². The highest BCUT2D eigenvalue weighted by Crippen LogP contribution is 2.34. The van der Waals surface area contributed by atoms with Gasteiger partial charge in [-0.05, 0) is 56.5 Å². The Morgan fingerprint density at radius 3 is 2.67 bits per heavy atom. The number of aliphatic hydroxyl groups is 1. The molecule has 0 bridgehead atoms. The molecule has 3 aliphatic heterocycles. The summed E-state index contributed by atoms with van der Waals surface area (Å²) in [6.07, 6.45) is 9.95. The Morgan fingerprint density at radius 2 is 1.87 bits per heavy atom. The van der Waals surface area contributed by atoms with Crippen molar-refractivity contribution < 1.29 is 14.6 Å². The smallest absolute Gasteiger partial charge is 0.161 e. The molecule has 0 aliphatic carbocycles. The Kier molecular flexibility index (Phi) is 7.36. The summed E-state index contributed by atoms with van der Waals surface area (Å²) in [7, 11) is 0. The lowest BCUT2D eigenvalue weighted by Crippen LogP contribution is -2.50. The molecule has 0 spiro atoms. The van der Waals surface area contributed by atoms with Gasteiger partial charge in [0.05, 0.1) is 6.04 Å². The second kappa shape index (κ2) is 10.4. The Bertz CT molecular complexity index is 720. The first kappa shape index (κ1) is 21.3. The average molecular weight is 417 g/mol. The molecule has 0 saturated carbocycles. The van der Waals surface area contributed by atoms with Gasteiger partial charge in [0, 0.05) is 18.4 Å². The van der Waals surface area contributed by atoms with Gasteiger partial charge in [0.15, 0.2) is 11.5 Å². The highest BCUT2D eigenvalue weighted by molar-refractivity contribution is 5.44. The van der Waals surface area contributed by atoms with E-state index in [9.17, 15) is 5.11 Å². The number of benzene rings is 1. The van der Waals surface area contributed by atoms with Crippen LogP contribution in [0.3, 0.4) is 0 Å². The van der Waals surface area contributed by atoms with Crippen LogP contribution >= 0.6 is 0 Å². The maximum Gasteiger partial charge on any atom is 0.161 e. The van der Waals surface area contributed by atoms with Gasteiger partial charge in [-0.2, -0.15) is 0 Å². The zero-order chi connectivity index (χ0) is 20.8. The van der Waals surface area contributed by atoms with E-state index in [0.717, 1.165) is 43.1 Å². The fourth-order valence-corrected chi connectivity index (χ4v) is 4.45. The number of hydrogen-bond donors (Lipinski definition) is 3. The van der Waals surface area contributed by atoms with Crippen molar-refractivity contribution in [1.29, 1.82) is 0 Å². The van der Waals surface area contributed by atoms with Crippen LogP contribution in [0.5, 0.6) is 11.5 Å². The third-order valence-corrected chi connectivity index (χ3v) is 6.21. The molecule has 30 heavy (non-hydrogen) atoms. The zero-order valence-corrected chi connectivity index (χ0v) is 18.1. The van der Waals surface area contributed by atoms with Crippen LogP contribution in [0.4, 0.5) is 0 Å². The summed E-state index contributed by atoms with van der Waals surface area (Å²) in [5, 5.41) is 13.4. The van der Waals surface area contributed by atoms with Gasteiger partial charge < -0.3 is 24.9 Å². The molecule has 0 radical (unpaired) electrons. The number of likely N-dealkylation sites (tertiary alicyclic amines) is 1. The van der Waals surface area contributed by atoms with Crippen molar-refractivity contribution in [1.82, 2.24) is 20.9 Å². The summed E-state index contributed by atoms with van der Waals surface area (Å²) in [6.45, 7) is 6.36. The molecule has 1 aromatic carbocycles. The van der Waals surface area contributed by atoms with Crippen LogP contribution in [0.25, 0.3) is 0 Å². The quantitative estimate of drug-likeness (QED) is 0.507. The number of ether oxygens (including phenoxy) is 2. The summed E-state index contributed by atoms with van der Waals surface area (Å²) < 4.78 is 11.4. The van der Waals surface area contributed by atoms with Crippen molar-refractivity contribution in [3.8, 4) is 11.5 Å². The normalized spacial score (nSPS) is 20.7. The van der Waals surface area contributed by atoms with Gasteiger partial charge in [-0.25, -0.2) is 0 Å². The molecular weight excluding hydrogens is 380 g/mol. The molecule has 2 atom stereocenters. The number of nitrogens with zero attached hydrogens (tertiary/aromatic N) is 2. The molecule has 0 unspecified atom stereocenters. The lowest BCUT2D eigenvalue weighted by atomic mass is 10.0. The highest BCUT2D eigenvalue weighted by Gasteiger charge is 2.32. The average Bonchev–Trinajstić information content (AvgIpc) is 3.46. The number of hydrazine groups is 2. The van der Waals surface area contributed by atoms with Gasteiger partial charge in [-0.15, -0.1) is 5.53 Å². The monoisotopic (exact) mass is 416 g/mol. The van der Waals surface area contributed by atoms with Crippen molar-refractivity contribution >= 4 is 0 Å². The molecule has 3 aliphatic rings. The fourth-order valence-electron chi connectivity index (χ4n) is 4.45. The van der Waals surface area contributed by atoms with Gasteiger partial charge in [0.1, 0.15) is 19.3 Å². The Labute approximate surface area is 180 Å². The van der Waals surface area contributed by atoms with E-state index in [1.807, 2.05) is 18.2 Å². The number of hydrogen-bond acceptors (Lipinski definition) is 7. The lowest BCUT2D eigenvalue weighted by Gasteiger charge is -2.34. The molecule has 4 rings (SSSR count). The molecular formula is C23H36N4O3. The number of nitrogens with one attached hydrogen (secondary N) is 2. The summed E-state index contributed by atoms with van der Waals surface area (Å²) in [5.41, 5.74) is 8.63. The number of aliphatic hydroxyl groups excluding tert-OH is 1. The first-order valence-electron chi connectivity index (χ1n) is 11.6. The van der Waals surface area contributed by atoms with Crippen LogP contribution in [0.2, 0.25) is 0 Å². The van der Waals surface area contributed by atoms with Crippen molar-refractivity contribution in [3.05, 3.63) is 35.7 Å². The highest BCUT2D eigenvalue weighted by atomic mass is 16.6. The van der Waals surface area contributed by atoms with Crippen LogP contribution in [0.1, 0.15) is 63.5 Å². The minimum absolute atomic E-state index is 0.105. The van der Waals surface area contributed by atoms with E-state index in [4.69, 9.17) is 9.47 Å². The predicted molar refractivity (Wildman–Crippen MR) is 117 cm³/mol. The van der Waals surface area contributed by atoms with E-state index >= 15 is 0 Å². The second-order valence-corrected chi connectivity index (χ2v) is 8.53. The largest absolute Gasteiger partial charge is 0.486 e. The molecule has 1 saturated heterocycles. The van der Waals surface area contributed by atoms with Crippen molar-refractivity contribution in [2.45, 2.75) is 64.0 Å². The minimum atomic E-state index is -0.647. The molecule has 1 fully saturated rings. The Hall–Kier alpha value is -1.96. The topological polar surface area (TPSA) is 69.2 Å². The van der Waals surface area contributed by atoms with E-state index < -0.39 is 6.10 Å². The number of allylic oxidation sites excluding steroid dienone is 1. The first-order valence-corrected chi connectivity index (χ1v) is 11.6. The Morgan fingerprint density at radius 1 is 1.07 bits per heavy atom. The maximum atomic E-state index is 11.4. The zero-order valence-electron chi connectivity index (χ0n) is 18.1. The molecule has 3 heterocycles. The lowest BCUT2D eigenvalue weighted by molar-refractivity contribution is 0.0300. The fraction of sp³-hybridized carbons (Fsp3) is 0.652. The number of fused-ring (bicyclic) bond motifs is 1. The molecule has 3 N–H and O–H groups in total. The van der Waals surface area contributed by atoms with Gasteiger partial charge in [0.25, 0.3) is 0 Å². The van der Waals surface area contributed by atoms with E-state index in [-0.39, 0.29) is 6.04 Å². The van der Waals surface area contributed by atoms with Crippen molar-refractivity contribution in [3.63, 3.8) is 0 Å². The van der Waals surface area contributed by atoms with Crippen LogP contribution in [0, 0.1) is 0 Å². The standard InChI is InChI=1S/C23H36N4O3/c1-2-3-4-5-8-19-16-27(25-24-19)20(17-26-11-6-7-12-26)23(28)18-9-10-21-22(15-18)30-14-13-29-21/h9-10,15-16,20,23-25,28H,2-8,11-14,17H2,1H3/t20-,23-/m1/s1. The van der Waals surface area contributed by atoms with Crippen LogP contribution < -0.4 is 20.4 Å². The molecule has 0 aromatic heterocycles. The van der Waals surface area contributed by atoms with E-state index in [1.165, 1.54) is 44.2 Å². The van der Waals surface area contributed by atoms with Crippen LogP contribution in [0.15, 0.2) is 30.1 Å². The maximum absolute atomic E-state index is 11.4. The molecule has 7 nitrogen and oxygen atoms in total. The third kappa shape index (κ3) is 5.20. The first-order chi connectivity index (χ1) is 14.7. The summed E-state index contributed by atoms with van der Waals surface area (Å²) in [4.78, 5) is 2.45. The minimum Gasteiger partial charge on any atom is -0.486 e. The molecule has 7 heteroatoms. The molecule has 0 amide bonds. The molecule has 166 valence electrons. The Balaban J connectivity index is 1.47. The van der Waals surface area contributed by atoms with Crippen molar-refractivity contribution in [2.75, 3.05) is 32.8 Å². The SMILES string of the molecule is CCCCCCC1=CN([C@H](CN2CCCC2)[C@H](O)c2ccc3c(c2)OCCO3)NN1. The molecule has 1 aromatic rings. The summed E-state index contributed by atoms with van der Waals surface area (Å²) in [6, 6.07) is 5.68. The third-order valence-electron chi connectivity index (χ3n) is 6.21.